The molecule has 1 aliphatic rings. The zero-order valence-corrected chi connectivity index (χ0v) is 16.2. The summed E-state index contributed by atoms with van der Waals surface area (Å²) >= 11 is 5.94. The number of hydrogen-bond donors (Lipinski definition) is 1. The number of rotatable bonds is 7. The number of hydrogen-bond acceptors (Lipinski definition) is 5. The second-order valence-electron chi connectivity index (χ2n) is 6.38. The van der Waals surface area contributed by atoms with E-state index in [2.05, 4.69) is 5.32 Å². The van der Waals surface area contributed by atoms with Crippen LogP contribution in [0.5, 0.6) is 0 Å². The lowest BCUT2D eigenvalue weighted by molar-refractivity contribution is -0.000929. The summed E-state index contributed by atoms with van der Waals surface area (Å²) in [5.41, 5.74) is -0.527. The van der Waals surface area contributed by atoms with Crippen molar-refractivity contribution in [3.63, 3.8) is 0 Å². The van der Waals surface area contributed by atoms with E-state index in [0.717, 1.165) is 0 Å². The Morgan fingerprint density at radius 3 is 2.85 bits per heavy atom. The molecule has 1 aliphatic heterocycles. The highest BCUT2D eigenvalue weighted by atomic mass is 35.5. The van der Waals surface area contributed by atoms with E-state index >= 15 is 0 Å². The molecule has 0 radical (unpaired) electrons. The zero-order valence-electron chi connectivity index (χ0n) is 14.6. The molecule has 1 N–H and O–H groups in total. The lowest BCUT2D eigenvalue weighted by Crippen LogP contribution is -2.52. The van der Waals surface area contributed by atoms with Crippen molar-refractivity contribution in [2.24, 2.45) is 0 Å². The van der Waals surface area contributed by atoms with Crippen LogP contribution in [0.4, 0.5) is 9.18 Å². The molecular weight excluding hydrogens is 385 g/mol. The van der Waals surface area contributed by atoms with Crippen LogP contribution < -0.4 is 5.32 Å². The normalized spacial score (nSPS) is 22.0. The number of nitrogens with one attached hydrogen (secondary N) is 1. The van der Waals surface area contributed by atoms with Gasteiger partial charge in [-0.3, -0.25) is 0 Å². The van der Waals surface area contributed by atoms with E-state index in [0.29, 0.717) is 36.3 Å². The lowest BCUT2D eigenvalue weighted by atomic mass is 9.99. The minimum absolute atomic E-state index is 0.0563. The van der Waals surface area contributed by atoms with E-state index in [1.54, 1.807) is 6.07 Å². The number of methoxy groups -OCH3 is 1. The van der Waals surface area contributed by atoms with E-state index in [-0.39, 0.29) is 30.5 Å². The van der Waals surface area contributed by atoms with Crippen LogP contribution in [-0.2, 0) is 25.7 Å². The number of carbonyl (C=O) groups is 1. The number of sulfone groups is 1. The second kappa shape index (κ2) is 9.01. The van der Waals surface area contributed by atoms with Crippen molar-refractivity contribution in [2.75, 3.05) is 31.8 Å². The molecule has 26 heavy (non-hydrogen) atoms. The van der Waals surface area contributed by atoms with Gasteiger partial charge in [-0.2, -0.15) is 0 Å². The van der Waals surface area contributed by atoms with Crippen LogP contribution in [0.15, 0.2) is 18.2 Å². The molecule has 0 bridgehead atoms. The quantitative estimate of drug-likeness (QED) is 0.703. The number of alkyl carbamates (subject to hydrolysis) is 1. The fraction of sp³-hybridized carbons (Fsp3) is 0.588. The summed E-state index contributed by atoms with van der Waals surface area (Å²) in [6.07, 6.45) is 1.14. The standard InChI is InChI=1S/C17H23ClFNO5S/c1-24-17(8-4-10-26(22,23)12-17)11-20-16(21)25-9-3-5-13-14(18)6-2-7-15(13)19/h2,6-7H,3-5,8-12H2,1H3,(H,20,21). The molecule has 0 aromatic heterocycles. The van der Waals surface area contributed by atoms with Crippen molar-refractivity contribution in [2.45, 2.75) is 31.3 Å². The zero-order chi connectivity index (χ0) is 19.2. The molecule has 1 aromatic carbocycles. The van der Waals surface area contributed by atoms with E-state index in [1.165, 1.54) is 19.2 Å². The van der Waals surface area contributed by atoms with Crippen molar-refractivity contribution in [1.82, 2.24) is 5.32 Å². The number of amides is 1. The van der Waals surface area contributed by atoms with Gasteiger partial charge in [-0.1, -0.05) is 17.7 Å². The Balaban J connectivity index is 1.75. The van der Waals surface area contributed by atoms with E-state index in [4.69, 9.17) is 21.1 Å². The highest BCUT2D eigenvalue weighted by Crippen LogP contribution is 2.25. The molecule has 1 heterocycles. The first-order chi connectivity index (χ1) is 12.3. The van der Waals surface area contributed by atoms with Crippen LogP contribution in [0.3, 0.4) is 0 Å². The summed E-state index contributed by atoms with van der Waals surface area (Å²) in [4.78, 5) is 11.8. The first kappa shape index (κ1) is 20.9. The fourth-order valence-corrected chi connectivity index (χ4v) is 5.15. The van der Waals surface area contributed by atoms with Crippen molar-refractivity contribution in [3.05, 3.63) is 34.6 Å². The fourth-order valence-electron chi connectivity index (χ4n) is 3.00. The molecule has 1 saturated heterocycles. The van der Waals surface area contributed by atoms with Crippen molar-refractivity contribution >= 4 is 27.5 Å². The number of halogens is 2. The summed E-state index contributed by atoms with van der Waals surface area (Å²) in [6.45, 7) is 0.148. The van der Waals surface area contributed by atoms with Gasteiger partial charge in [-0.25, -0.2) is 17.6 Å². The summed E-state index contributed by atoms with van der Waals surface area (Å²) in [5.74, 6) is -0.369. The maximum atomic E-state index is 13.6. The second-order valence-corrected chi connectivity index (χ2v) is 8.97. The largest absolute Gasteiger partial charge is 0.450 e. The maximum Gasteiger partial charge on any atom is 0.407 e. The third-order valence-corrected chi connectivity index (χ3v) is 6.66. The highest BCUT2D eigenvalue weighted by Gasteiger charge is 2.39. The van der Waals surface area contributed by atoms with Crippen LogP contribution in [0.25, 0.3) is 0 Å². The average Bonchev–Trinajstić information content (AvgIpc) is 2.58. The minimum atomic E-state index is -3.18. The van der Waals surface area contributed by atoms with Gasteiger partial charge in [0, 0.05) is 17.7 Å². The molecule has 1 amide bonds. The van der Waals surface area contributed by atoms with E-state index < -0.39 is 21.5 Å². The molecule has 1 atom stereocenters. The van der Waals surface area contributed by atoms with Crippen molar-refractivity contribution in [3.8, 4) is 0 Å². The first-order valence-electron chi connectivity index (χ1n) is 8.36. The maximum absolute atomic E-state index is 13.6. The third-order valence-electron chi connectivity index (χ3n) is 4.42. The Morgan fingerprint density at radius 2 is 2.19 bits per heavy atom. The van der Waals surface area contributed by atoms with Gasteiger partial charge < -0.3 is 14.8 Å². The Bertz CT molecular complexity index is 722. The highest BCUT2D eigenvalue weighted by molar-refractivity contribution is 7.91. The number of carbonyl (C=O) groups excluding carboxylic acids is 1. The minimum Gasteiger partial charge on any atom is -0.450 e. The van der Waals surface area contributed by atoms with Crippen LogP contribution in [-0.4, -0.2) is 51.9 Å². The van der Waals surface area contributed by atoms with Crippen LogP contribution in [0, 0.1) is 5.82 Å². The Kier molecular flexibility index (Phi) is 7.25. The predicted octanol–water partition coefficient (Wildman–Crippen LogP) is 2.73. The Hall–Kier alpha value is -1.38. The molecule has 0 saturated carbocycles. The summed E-state index contributed by atoms with van der Waals surface area (Å²) in [7, 11) is -1.74. The van der Waals surface area contributed by atoms with Gasteiger partial charge in [0.05, 0.1) is 30.3 Å². The topological polar surface area (TPSA) is 81.7 Å². The smallest absolute Gasteiger partial charge is 0.407 e. The average molecular weight is 408 g/mol. The molecule has 146 valence electrons. The molecule has 1 aromatic rings. The SMILES string of the molecule is COC1(CNC(=O)OCCCc2c(F)cccc2Cl)CCCS(=O)(=O)C1. The summed E-state index contributed by atoms with van der Waals surface area (Å²) in [6, 6.07) is 4.47. The molecule has 0 aliphatic carbocycles. The summed E-state index contributed by atoms with van der Waals surface area (Å²) < 4.78 is 47.7. The van der Waals surface area contributed by atoms with Gasteiger partial charge in [0.2, 0.25) is 0 Å². The van der Waals surface area contributed by atoms with Crippen LogP contribution in [0.1, 0.15) is 24.8 Å². The molecular formula is C17H23ClFNO5S. The van der Waals surface area contributed by atoms with Crippen molar-refractivity contribution in [1.29, 1.82) is 0 Å². The Labute approximate surface area is 157 Å². The van der Waals surface area contributed by atoms with E-state index in [9.17, 15) is 17.6 Å². The predicted molar refractivity (Wildman–Crippen MR) is 96.7 cm³/mol. The Morgan fingerprint density at radius 1 is 1.42 bits per heavy atom. The van der Waals surface area contributed by atoms with Crippen LogP contribution in [0.2, 0.25) is 5.02 Å². The molecule has 6 nitrogen and oxygen atoms in total. The number of ether oxygens (including phenoxy) is 2. The molecule has 1 unspecified atom stereocenters. The van der Waals surface area contributed by atoms with Gasteiger partial charge in [-0.15, -0.1) is 0 Å². The molecule has 0 spiro atoms. The molecule has 1 fully saturated rings. The van der Waals surface area contributed by atoms with Gasteiger partial charge in [-0.05, 0) is 37.8 Å². The van der Waals surface area contributed by atoms with Crippen molar-refractivity contribution < 1.29 is 27.1 Å². The van der Waals surface area contributed by atoms with Gasteiger partial charge >= 0.3 is 6.09 Å². The van der Waals surface area contributed by atoms with Gasteiger partial charge in [0.25, 0.3) is 0 Å². The van der Waals surface area contributed by atoms with E-state index in [1.807, 2.05) is 0 Å². The number of benzene rings is 1. The van der Waals surface area contributed by atoms with Gasteiger partial charge in [0.15, 0.2) is 9.84 Å². The monoisotopic (exact) mass is 407 g/mol. The van der Waals surface area contributed by atoms with Crippen LogP contribution >= 0.6 is 11.6 Å². The third kappa shape index (κ3) is 5.82. The van der Waals surface area contributed by atoms with Gasteiger partial charge in [0.1, 0.15) is 5.82 Å². The summed E-state index contributed by atoms with van der Waals surface area (Å²) in [5, 5.41) is 2.90. The first-order valence-corrected chi connectivity index (χ1v) is 10.6. The molecule has 9 heteroatoms. The molecule has 2 rings (SSSR count). The lowest BCUT2D eigenvalue weighted by Gasteiger charge is -2.35.